The smallest absolute Gasteiger partial charge is 0.0503 e. The molecule has 2 N–H and O–H groups in total. The van der Waals surface area contributed by atoms with Crippen LogP contribution >= 0.6 is 0 Å². The summed E-state index contributed by atoms with van der Waals surface area (Å²) in [6, 6.07) is 10.5. The first kappa shape index (κ1) is 12.1. The molecule has 102 valence electrons. The van der Waals surface area contributed by atoms with E-state index in [9.17, 15) is 0 Å². The minimum atomic E-state index is 0.371. The van der Waals surface area contributed by atoms with E-state index in [4.69, 9.17) is 5.73 Å². The van der Waals surface area contributed by atoms with Crippen LogP contribution in [0.4, 0.5) is 5.69 Å². The Balaban J connectivity index is 1.92. The third-order valence-electron chi connectivity index (χ3n) is 4.13. The molecule has 3 aliphatic rings. The van der Waals surface area contributed by atoms with E-state index in [1.165, 1.54) is 22.7 Å². The highest BCUT2D eigenvalue weighted by Gasteiger charge is 2.35. The van der Waals surface area contributed by atoms with E-state index >= 15 is 0 Å². The molecule has 1 atom stereocenters. The summed E-state index contributed by atoms with van der Waals surface area (Å²) in [6.07, 6.45) is 13.4. The van der Waals surface area contributed by atoms with E-state index in [0.717, 1.165) is 12.1 Å². The number of para-hydroxylation sites is 1. The fraction of sp³-hybridized carbons (Fsp3) is 0.105. The van der Waals surface area contributed by atoms with Gasteiger partial charge in [0.1, 0.15) is 0 Å². The van der Waals surface area contributed by atoms with Crippen LogP contribution in [-0.2, 0) is 0 Å². The molecule has 0 amide bonds. The number of fused-ring (bicyclic) bond motifs is 2. The van der Waals surface area contributed by atoms with Gasteiger partial charge in [0.15, 0.2) is 0 Å². The lowest BCUT2D eigenvalue weighted by Crippen LogP contribution is -2.21. The van der Waals surface area contributed by atoms with Crippen molar-refractivity contribution in [1.29, 1.82) is 0 Å². The Labute approximate surface area is 124 Å². The minimum absolute atomic E-state index is 0.371. The molecule has 0 fully saturated rings. The summed E-state index contributed by atoms with van der Waals surface area (Å²) in [5.41, 5.74) is 15.1. The fourth-order valence-corrected chi connectivity index (χ4v) is 3.20. The second-order valence-electron chi connectivity index (χ2n) is 5.41. The topological polar surface area (TPSA) is 29.3 Å². The SMILES string of the molecule is NC1=CC[C@@H]2C(=C1)N(c1ccccc1)C1=C2C=C=CC=C1. The Bertz CT molecular complexity index is 769. The highest BCUT2D eigenvalue weighted by molar-refractivity contribution is 5.70. The van der Waals surface area contributed by atoms with Crippen molar-refractivity contribution in [3.05, 3.63) is 95.2 Å². The van der Waals surface area contributed by atoms with Crippen molar-refractivity contribution in [2.75, 3.05) is 4.90 Å². The maximum absolute atomic E-state index is 6.04. The van der Waals surface area contributed by atoms with Gasteiger partial charge in [-0.05, 0) is 48.4 Å². The number of anilines is 1. The summed E-state index contributed by atoms with van der Waals surface area (Å²) >= 11 is 0. The maximum atomic E-state index is 6.04. The van der Waals surface area contributed by atoms with E-state index in [1.54, 1.807) is 0 Å². The predicted molar refractivity (Wildman–Crippen MR) is 86.2 cm³/mol. The number of nitrogens with zero attached hydrogens (tertiary/aromatic N) is 1. The Kier molecular flexibility index (Phi) is 2.70. The zero-order valence-corrected chi connectivity index (χ0v) is 11.7. The number of hydrogen-bond acceptors (Lipinski definition) is 2. The Morgan fingerprint density at radius 3 is 2.90 bits per heavy atom. The first-order chi connectivity index (χ1) is 10.3. The predicted octanol–water partition coefficient (Wildman–Crippen LogP) is 3.79. The lowest BCUT2D eigenvalue weighted by molar-refractivity contribution is 0.741. The molecule has 0 saturated carbocycles. The third-order valence-corrected chi connectivity index (χ3v) is 4.13. The number of hydrogen-bond donors (Lipinski definition) is 1. The van der Waals surface area contributed by atoms with Crippen LogP contribution in [0.15, 0.2) is 95.2 Å². The Hall–Kier alpha value is -2.70. The molecule has 0 saturated heterocycles. The number of nitrogens with two attached hydrogens (primary N) is 1. The average molecular weight is 272 g/mol. The van der Waals surface area contributed by atoms with Crippen LogP contribution in [0.2, 0.25) is 0 Å². The summed E-state index contributed by atoms with van der Waals surface area (Å²) in [6.45, 7) is 0. The van der Waals surface area contributed by atoms with Crippen molar-refractivity contribution < 1.29 is 0 Å². The van der Waals surface area contributed by atoms with Gasteiger partial charge >= 0.3 is 0 Å². The number of rotatable bonds is 1. The summed E-state index contributed by atoms with van der Waals surface area (Å²) < 4.78 is 0. The Morgan fingerprint density at radius 2 is 2.05 bits per heavy atom. The van der Waals surface area contributed by atoms with E-state index in [2.05, 4.69) is 59.2 Å². The molecule has 2 nitrogen and oxygen atoms in total. The van der Waals surface area contributed by atoms with E-state index in [1.807, 2.05) is 18.2 Å². The lowest BCUT2D eigenvalue weighted by atomic mass is 9.90. The van der Waals surface area contributed by atoms with Crippen LogP contribution in [0.3, 0.4) is 0 Å². The molecule has 0 unspecified atom stereocenters. The van der Waals surface area contributed by atoms with Crippen LogP contribution in [0.25, 0.3) is 0 Å². The monoisotopic (exact) mass is 272 g/mol. The molecule has 0 bridgehead atoms. The molecule has 0 aromatic heterocycles. The van der Waals surface area contributed by atoms with Crippen LogP contribution in [0.5, 0.6) is 0 Å². The molecule has 0 spiro atoms. The lowest BCUT2D eigenvalue weighted by Gasteiger charge is -2.26. The van der Waals surface area contributed by atoms with Crippen molar-refractivity contribution in [1.82, 2.24) is 0 Å². The van der Waals surface area contributed by atoms with Gasteiger partial charge in [0.25, 0.3) is 0 Å². The second kappa shape index (κ2) is 4.69. The van der Waals surface area contributed by atoms with Gasteiger partial charge in [0, 0.05) is 23.0 Å². The van der Waals surface area contributed by atoms with Crippen LogP contribution in [0, 0.1) is 5.92 Å². The van der Waals surface area contributed by atoms with E-state index < -0.39 is 0 Å². The van der Waals surface area contributed by atoms with Crippen molar-refractivity contribution in [2.24, 2.45) is 11.7 Å². The quantitative estimate of drug-likeness (QED) is 0.788. The van der Waals surface area contributed by atoms with Gasteiger partial charge in [0.2, 0.25) is 0 Å². The molecule has 2 heteroatoms. The minimum Gasteiger partial charge on any atom is -0.399 e. The van der Waals surface area contributed by atoms with Gasteiger partial charge in [-0.25, -0.2) is 0 Å². The standard InChI is InChI=1S/C19H16N2/c20-14-11-12-17-16-9-5-2-6-10-18(16)21(19(17)13-14)15-7-3-1-4-8-15/h1-4,6-11,13,17H,12,20H2/t17-/m0/s1. The maximum Gasteiger partial charge on any atom is 0.0503 e. The van der Waals surface area contributed by atoms with Gasteiger partial charge in [-0.15, -0.1) is 5.73 Å². The van der Waals surface area contributed by atoms with Crippen LogP contribution < -0.4 is 10.6 Å². The molecule has 4 rings (SSSR count). The molecule has 1 aliphatic heterocycles. The first-order valence-corrected chi connectivity index (χ1v) is 7.20. The normalized spacial score (nSPS) is 22.7. The van der Waals surface area contributed by atoms with Gasteiger partial charge in [-0.2, -0.15) is 0 Å². The zero-order valence-electron chi connectivity index (χ0n) is 11.7. The highest BCUT2D eigenvalue weighted by Crippen LogP contribution is 2.45. The fourth-order valence-electron chi connectivity index (χ4n) is 3.20. The molecule has 21 heavy (non-hydrogen) atoms. The van der Waals surface area contributed by atoms with Crippen LogP contribution in [-0.4, -0.2) is 0 Å². The van der Waals surface area contributed by atoms with Crippen molar-refractivity contribution >= 4 is 5.69 Å². The molecule has 1 aromatic rings. The van der Waals surface area contributed by atoms with Gasteiger partial charge in [-0.3, -0.25) is 0 Å². The molecular formula is C19H16N2. The van der Waals surface area contributed by atoms with Crippen molar-refractivity contribution in [2.45, 2.75) is 6.42 Å². The summed E-state index contributed by atoms with van der Waals surface area (Å²) in [4.78, 5) is 2.31. The van der Waals surface area contributed by atoms with E-state index in [-0.39, 0.29) is 0 Å². The number of benzene rings is 1. The van der Waals surface area contributed by atoms with Crippen LogP contribution in [0.1, 0.15) is 6.42 Å². The number of allylic oxidation sites excluding steroid dienone is 6. The van der Waals surface area contributed by atoms with Crippen molar-refractivity contribution in [3.63, 3.8) is 0 Å². The molecule has 1 aromatic carbocycles. The molecule has 1 heterocycles. The second-order valence-corrected chi connectivity index (χ2v) is 5.41. The molecule has 2 aliphatic carbocycles. The van der Waals surface area contributed by atoms with Gasteiger partial charge in [0.05, 0.1) is 5.70 Å². The van der Waals surface area contributed by atoms with Gasteiger partial charge in [-0.1, -0.05) is 30.4 Å². The third kappa shape index (κ3) is 1.89. The molecular weight excluding hydrogens is 256 g/mol. The van der Waals surface area contributed by atoms with E-state index in [0.29, 0.717) is 5.92 Å². The Morgan fingerprint density at radius 1 is 1.19 bits per heavy atom. The zero-order chi connectivity index (χ0) is 14.2. The first-order valence-electron chi connectivity index (χ1n) is 7.20. The summed E-state index contributed by atoms with van der Waals surface area (Å²) in [5.74, 6) is 0.371. The highest BCUT2D eigenvalue weighted by atomic mass is 15.2. The average Bonchev–Trinajstić information content (AvgIpc) is 2.65. The van der Waals surface area contributed by atoms with Crippen molar-refractivity contribution in [3.8, 4) is 0 Å². The largest absolute Gasteiger partial charge is 0.399 e. The molecule has 0 radical (unpaired) electrons. The summed E-state index contributed by atoms with van der Waals surface area (Å²) in [5, 5.41) is 0. The van der Waals surface area contributed by atoms with Gasteiger partial charge < -0.3 is 10.6 Å². The summed E-state index contributed by atoms with van der Waals surface area (Å²) in [7, 11) is 0.